The van der Waals surface area contributed by atoms with E-state index in [2.05, 4.69) is 34.9 Å². The molecule has 0 radical (unpaired) electrons. The highest BCUT2D eigenvalue weighted by molar-refractivity contribution is 4.72. The number of hydrogen-bond acceptors (Lipinski definition) is 1. The zero-order valence-electron chi connectivity index (χ0n) is 9.00. The van der Waals surface area contributed by atoms with Crippen molar-refractivity contribution in [3.05, 3.63) is 0 Å². The molecule has 0 aromatic heterocycles. The third-order valence-corrected chi connectivity index (χ3v) is 3.68. The predicted octanol–water partition coefficient (Wildman–Crippen LogP) is 1.65. The largest absolute Gasteiger partial charge is 0.366 e. The quantitative estimate of drug-likeness (QED) is 0.546. The van der Waals surface area contributed by atoms with Crippen LogP contribution in [-0.2, 0) is 4.74 Å². The van der Waals surface area contributed by atoms with Gasteiger partial charge in [0, 0.05) is 0 Å². The zero-order chi connectivity index (χ0) is 9.35. The van der Waals surface area contributed by atoms with Gasteiger partial charge in [-0.2, -0.15) is 0 Å². The monoisotopic (exact) mass is 172 g/mol. The highest BCUT2D eigenvalue weighted by Gasteiger charge is 2.40. The first kappa shape index (κ1) is 10.0. The summed E-state index contributed by atoms with van der Waals surface area (Å²) in [5.74, 6) is 0. The van der Waals surface area contributed by atoms with Gasteiger partial charge in [-0.15, -0.1) is 0 Å². The molecule has 72 valence electrons. The van der Waals surface area contributed by atoms with Crippen LogP contribution < -0.4 is 0 Å². The molecule has 12 heavy (non-hydrogen) atoms. The van der Waals surface area contributed by atoms with Crippen LogP contribution in [0.5, 0.6) is 0 Å². The lowest BCUT2D eigenvalue weighted by molar-refractivity contribution is -0.947. The fourth-order valence-corrected chi connectivity index (χ4v) is 1.88. The van der Waals surface area contributed by atoms with Crippen LogP contribution in [0, 0.1) is 0 Å². The van der Waals surface area contributed by atoms with E-state index >= 15 is 0 Å². The molecule has 1 saturated heterocycles. The molecule has 0 spiro atoms. The third kappa shape index (κ3) is 1.50. The summed E-state index contributed by atoms with van der Waals surface area (Å²) in [4.78, 5) is 0. The zero-order valence-corrected chi connectivity index (χ0v) is 9.00. The molecule has 0 aliphatic carbocycles. The molecule has 1 aliphatic heterocycles. The standard InChI is InChI=1S/C10H22NO/c1-6-10-9(3)11(4,5)8(2)7-12-10/h8-10H,6-7H2,1-5H3/q+1. The maximum absolute atomic E-state index is 5.77. The van der Waals surface area contributed by atoms with E-state index in [-0.39, 0.29) is 0 Å². The van der Waals surface area contributed by atoms with E-state index in [1.165, 1.54) is 0 Å². The minimum absolute atomic E-state index is 0.455. The molecule has 2 heteroatoms. The summed E-state index contributed by atoms with van der Waals surface area (Å²) in [5.41, 5.74) is 0. The number of rotatable bonds is 1. The first-order valence-corrected chi connectivity index (χ1v) is 4.95. The molecular weight excluding hydrogens is 150 g/mol. The first-order valence-electron chi connectivity index (χ1n) is 4.95. The van der Waals surface area contributed by atoms with Gasteiger partial charge >= 0.3 is 0 Å². The molecule has 3 unspecified atom stereocenters. The molecule has 0 aromatic rings. The van der Waals surface area contributed by atoms with Gasteiger partial charge in [0.15, 0.2) is 0 Å². The lowest BCUT2D eigenvalue weighted by Gasteiger charge is -2.48. The van der Waals surface area contributed by atoms with Crippen molar-refractivity contribution in [2.75, 3.05) is 20.7 Å². The number of quaternary nitrogens is 1. The first-order chi connectivity index (χ1) is 5.50. The summed E-state index contributed by atoms with van der Waals surface area (Å²) in [6, 6.07) is 1.25. The van der Waals surface area contributed by atoms with Gasteiger partial charge in [0.1, 0.15) is 18.2 Å². The Morgan fingerprint density at radius 3 is 2.42 bits per heavy atom. The molecule has 0 N–H and O–H groups in total. The molecular formula is C10H22NO+. The van der Waals surface area contributed by atoms with E-state index in [0.717, 1.165) is 17.5 Å². The van der Waals surface area contributed by atoms with Crippen molar-refractivity contribution in [3.8, 4) is 0 Å². The van der Waals surface area contributed by atoms with Crippen molar-refractivity contribution in [1.29, 1.82) is 0 Å². The van der Waals surface area contributed by atoms with Crippen molar-refractivity contribution >= 4 is 0 Å². The lowest BCUT2D eigenvalue weighted by Crippen LogP contribution is -2.63. The van der Waals surface area contributed by atoms with Crippen molar-refractivity contribution in [1.82, 2.24) is 0 Å². The van der Waals surface area contributed by atoms with E-state index in [4.69, 9.17) is 4.74 Å². The van der Waals surface area contributed by atoms with Gasteiger partial charge in [0.2, 0.25) is 0 Å². The molecule has 1 fully saturated rings. The Kier molecular flexibility index (Phi) is 2.79. The summed E-state index contributed by atoms with van der Waals surface area (Å²) < 4.78 is 6.87. The smallest absolute Gasteiger partial charge is 0.113 e. The summed E-state index contributed by atoms with van der Waals surface area (Å²) in [6.07, 6.45) is 1.59. The Morgan fingerprint density at radius 1 is 1.33 bits per heavy atom. The van der Waals surface area contributed by atoms with Crippen molar-refractivity contribution in [2.24, 2.45) is 0 Å². The summed E-state index contributed by atoms with van der Waals surface area (Å²) in [7, 11) is 4.61. The molecule has 2 nitrogen and oxygen atoms in total. The topological polar surface area (TPSA) is 9.23 Å². The minimum atomic E-state index is 0.455. The summed E-state index contributed by atoms with van der Waals surface area (Å²) in [5, 5.41) is 0. The summed E-state index contributed by atoms with van der Waals surface area (Å²) >= 11 is 0. The van der Waals surface area contributed by atoms with Crippen LogP contribution in [0.1, 0.15) is 27.2 Å². The molecule has 0 saturated carbocycles. The van der Waals surface area contributed by atoms with E-state index in [9.17, 15) is 0 Å². The van der Waals surface area contributed by atoms with Crippen molar-refractivity contribution < 1.29 is 9.22 Å². The molecule has 0 aromatic carbocycles. The number of morpholine rings is 1. The van der Waals surface area contributed by atoms with E-state index in [1.807, 2.05) is 0 Å². The highest BCUT2D eigenvalue weighted by Crippen LogP contribution is 2.25. The number of likely N-dealkylation sites (N-methyl/N-ethyl adjacent to an activating group) is 1. The SMILES string of the molecule is CCC1OCC(C)[N+](C)(C)C1C. The van der Waals surface area contributed by atoms with Gasteiger partial charge < -0.3 is 9.22 Å². The number of hydrogen-bond donors (Lipinski definition) is 0. The average molecular weight is 172 g/mol. The van der Waals surface area contributed by atoms with Gasteiger partial charge in [-0.1, -0.05) is 6.92 Å². The molecule has 1 heterocycles. The van der Waals surface area contributed by atoms with Gasteiger partial charge in [-0.3, -0.25) is 0 Å². The van der Waals surface area contributed by atoms with E-state index in [0.29, 0.717) is 18.2 Å². The van der Waals surface area contributed by atoms with Crippen molar-refractivity contribution in [3.63, 3.8) is 0 Å². The molecule has 1 rings (SSSR count). The van der Waals surface area contributed by atoms with Crippen LogP contribution in [0.15, 0.2) is 0 Å². The Morgan fingerprint density at radius 2 is 1.92 bits per heavy atom. The molecule has 0 amide bonds. The van der Waals surface area contributed by atoms with Crippen LogP contribution in [0.3, 0.4) is 0 Å². The van der Waals surface area contributed by atoms with Crippen LogP contribution in [0.25, 0.3) is 0 Å². The normalized spacial score (nSPS) is 41.2. The number of ether oxygens (including phenoxy) is 1. The van der Waals surface area contributed by atoms with Crippen LogP contribution in [0.2, 0.25) is 0 Å². The molecule has 3 atom stereocenters. The minimum Gasteiger partial charge on any atom is -0.366 e. The van der Waals surface area contributed by atoms with Gasteiger partial charge in [-0.05, 0) is 20.3 Å². The molecule has 0 bridgehead atoms. The fraction of sp³-hybridized carbons (Fsp3) is 1.00. The maximum atomic E-state index is 5.77. The van der Waals surface area contributed by atoms with Crippen LogP contribution in [0.4, 0.5) is 0 Å². The second kappa shape index (κ2) is 3.35. The Hall–Kier alpha value is -0.0800. The van der Waals surface area contributed by atoms with Crippen LogP contribution in [-0.4, -0.2) is 43.4 Å². The van der Waals surface area contributed by atoms with E-state index in [1.54, 1.807) is 0 Å². The fourth-order valence-electron chi connectivity index (χ4n) is 1.88. The van der Waals surface area contributed by atoms with E-state index < -0.39 is 0 Å². The maximum Gasteiger partial charge on any atom is 0.113 e. The Bertz CT molecular complexity index is 156. The van der Waals surface area contributed by atoms with Gasteiger partial charge in [0.05, 0.1) is 20.7 Å². The Labute approximate surface area is 76.1 Å². The molecule has 1 aliphatic rings. The van der Waals surface area contributed by atoms with Gasteiger partial charge in [-0.25, -0.2) is 0 Å². The Balaban J connectivity index is 2.71. The second-order valence-corrected chi connectivity index (χ2v) is 4.50. The van der Waals surface area contributed by atoms with Crippen molar-refractivity contribution in [2.45, 2.75) is 45.4 Å². The summed E-state index contributed by atoms with van der Waals surface area (Å²) in [6.45, 7) is 7.68. The van der Waals surface area contributed by atoms with Gasteiger partial charge in [0.25, 0.3) is 0 Å². The predicted molar refractivity (Wildman–Crippen MR) is 51.1 cm³/mol. The third-order valence-electron chi connectivity index (χ3n) is 3.68. The lowest BCUT2D eigenvalue weighted by atomic mass is 10.0. The highest BCUT2D eigenvalue weighted by atomic mass is 16.5. The average Bonchev–Trinajstić information content (AvgIpc) is 2.02. The number of nitrogens with zero attached hydrogens (tertiary/aromatic N) is 1. The van der Waals surface area contributed by atoms with Crippen LogP contribution >= 0.6 is 0 Å². The second-order valence-electron chi connectivity index (χ2n) is 4.50.